The maximum atomic E-state index is 14.8. The smallest absolute Gasteiger partial charge is 0.414 e. The Morgan fingerprint density at radius 2 is 2.26 bits per heavy atom. The second-order valence-electron chi connectivity index (χ2n) is 7.25. The van der Waals surface area contributed by atoms with Crippen LogP contribution in [-0.2, 0) is 9.53 Å². The number of cyclic esters (lactones) is 1. The minimum atomic E-state index is -0.543. The quantitative estimate of drug-likeness (QED) is 0.853. The van der Waals surface area contributed by atoms with Crippen LogP contribution in [0.4, 0.5) is 20.6 Å². The van der Waals surface area contributed by atoms with Crippen LogP contribution in [0.25, 0.3) is 0 Å². The molecule has 0 radical (unpaired) electrons. The van der Waals surface area contributed by atoms with Gasteiger partial charge in [-0.05, 0) is 19.3 Å². The Balaban J connectivity index is 1.48. The van der Waals surface area contributed by atoms with Gasteiger partial charge in [-0.1, -0.05) is 6.92 Å². The molecule has 1 aromatic rings. The van der Waals surface area contributed by atoms with Crippen LogP contribution in [0, 0.1) is 5.82 Å². The summed E-state index contributed by atoms with van der Waals surface area (Å²) in [7, 11) is 0. The number of nitrogens with one attached hydrogen (secondary N) is 1. The molecule has 2 amide bonds. The van der Waals surface area contributed by atoms with Crippen molar-refractivity contribution in [2.75, 3.05) is 36.0 Å². The lowest BCUT2D eigenvalue weighted by Crippen LogP contribution is -2.39. The third-order valence-electron chi connectivity index (χ3n) is 5.30. The van der Waals surface area contributed by atoms with Crippen LogP contribution in [0.3, 0.4) is 0 Å². The summed E-state index contributed by atoms with van der Waals surface area (Å²) in [6.07, 6.45) is 2.23. The Morgan fingerprint density at radius 1 is 1.41 bits per heavy atom. The van der Waals surface area contributed by atoms with E-state index in [0.29, 0.717) is 30.2 Å². The van der Waals surface area contributed by atoms with Crippen molar-refractivity contribution in [2.45, 2.75) is 44.8 Å². The number of hydrogen-bond acceptors (Lipinski definition) is 5. The average Bonchev–Trinajstić information content (AvgIpc) is 3.26. The van der Waals surface area contributed by atoms with Gasteiger partial charge in [-0.2, -0.15) is 0 Å². The lowest BCUT2D eigenvalue weighted by molar-refractivity contribution is -0.121. The van der Waals surface area contributed by atoms with Crippen LogP contribution in [0.1, 0.15) is 32.6 Å². The number of benzene rings is 1. The van der Waals surface area contributed by atoms with E-state index < -0.39 is 12.2 Å². The Bertz CT molecular complexity index is 757. The number of rotatable bonds is 5. The van der Waals surface area contributed by atoms with Gasteiger partial charge in [0, 0.05) is 25.1 Å². The van der Waals surface area contributed by atoms with Crippen molar-refractivity contribution < 1.29 is 23.5 Å². The fraction of sp³-hybridized carbons (Fsp3) is 0.579. The highest BCUT2D eigenvalue weighted by Crippen LogP contribution is 2.42. The zero-order chi connectivity index (χ0) is 19.0. The highest BCUT2D eigenvalue weighted by atomic mass is 19.1. The molecule has 1 N–H and O–H groups in total. The summed E-state index contributed by atoms with van der Waals surface area (Å²) in [5, 5.41) is 2.76. The first kappa shape index (κ1) is 17.9. The first-order valence-electron chi connectivity index (χ1n) is 9.54. The standard InChI is InChI=1S/C19H24FN3O4/c1-2-4-17(24)21-9-14-10-23(19(25)27-14)13-7-15(20)18-16(8-13)26-11-12-5-3-6-22(12)18/h7-8,12,14H,2-6,9-11H2,1H3,(H,21,24)/t12-,14-/m0/s1. The molecule has 4 rings (SSSR count). The van der Waals surface area contributed by atoms with Gasteiger partial charge in [0.2, 0.25) is 5.91 Å². The van der Waals surface area contributed by atoms with Gasteiger partial charge >= 0.3 is 6.09 Å². The molecule has 0 bridgehead atoms. The zero-order valence-corrected chi connectivity index (χ0v) is 15.4. The summed E-state index contributed by atoms with van der Waals surface area (Å²) in [5.74, 6) is 0.0117. The number of nitrogens with zero attached hydrogens (tertiary/aromatic N) is 2. The summed E-state index contributed by atoms with van der Waals surface area (Å²) < 4.78 is 25.9. The van der Waals surface area contributed by atoms with E-state index in [2.05, 4.69) is 10.2 Å². The largest absolute Gasteiger partial charge is 0.489 e. The van der Waals surface area contributed by atoms with Gasteiger partial charge in [0.15, 0.2) is 5.82 Å². The van der Waals surface area contributed by atoms with Crippen molar-refractivity contribution in [1.29, 1.82) is 0 Å². The number of anilines is 2. The SMILES string of the molecule is CCCC(=O)NC[C@H]1CN(c2cc(F)c3c(c2)OC[C@@H]2CCCN32)C(=O)O1. The van der Waals surface area contributed by atoms with E-state index in [4.69, 9.17) is 9.47 Å². The topological polar surface area (TPSA) is 71.1 Å². The van der Waals surface area contributed by atoms with Crippen molar-refractivity contribution in [1.82, 2.24) is 5.32 Å². The summed E-state index contributed by atoms with van der Waals surface area (Å²) in [4.78, 5) is 27.3. The Hall–Kier alpha value is -2.51. The van der Waals surface area contributed by atoms with E-state index in [1.165, 1.54) is 11.0 Å². The highest BCUT2D eigenvalue weighted by molar-refractivity contribution is 5.91. The first-order chi connectivity index (χ1) is 13.1. The molecule has 2 saturated heterocycles. The summed E-state index contributed by atoms with van der Waals surface area (Å²) in [5.41, 5.74) is 0.903. The lowest BCUT2D eigenvalue weighted by atomic mass is 10.1. The van der Waals surface area contributed by atoms with E-state index in [0.717, 1.165) is 25.8 Å². The number of ether oxygens (including phenoxy) is 2. The second-order valence-corrected chi connectivity index (χ2v) is 7.25. The zero-order valence-electron chi connectivity index (χ0n) is 15.4. The van der Waals surface area contributed by atoms with Crippen molar-refractivity contribution in [3.8, 4) is 5.75 Å². The fourth-order valence-electron chi connectivity index (χ4n) is 3.98. The van der Waals surface area contributed by atoms with Crippen LogP contribution < -0.4 is 19.9 Å². The van der Waals surface area contributed by atoms with Crippen LogP contribution in [0.15, 0.2) is 12.1 Å². The molecule has 27 heavy (non-hydrogen) atoms. The molecule has 2 atom stereocenters. The maximum Gasteiger partial charge on any atom is 0.414 e. The normalized spacial score (nSPS) is 23.6. The van der Waals surface area contributed by atoms with Crippen molar-refractivity contribution in [3.05, 3.63) is 17.9 Å². The molecule has 0 aromatic heterocycles. The molecular formula is C19H24FN3O4. The molecular weight excluding hydrogens is 353 g/mol. The fourth-order valence-corrected chi connectivity index (χ4v) is 3.98. The van der Waals surface area contributed by atoms with Crippen molar-refractivity contribution >= 4 is 23.4 Å². The Morgan fingerprint density at radius 3 is 3.07 bits per heavy atom. The van der Waals surface area contributed by atoms with Crippen molar-refractivity contribution in [2.24, 2.45) is 0 Å². The molecule has 7 nitrogen and oxygen atoms in total. The predicted molar refractivity (Wildman–Crippen MR) is 97.8 cm³/mol. The molecule has 0 unspecified atom stereocenters. The first-order valence-corrected chi connectivity index (χ1v) is 9.54. The van der Waals surface area contributed by atoms with E-state index in [1.807, 2.05) is 6.92 Å². The van der Waals surface area contributed by atoms with Gasteiger partial charge in [-0.3, -0.25) is 9.69 Å². The summed E-state index contributed by atoms with van der Waals surface area (Å²) >= 11 is 0. The molecule has 0 aliphatic carbocycles. The summed E-state index contributed by atoms with van der Waals surface area (Å²) in [6.45, 7) is 3.79. The van der Waals surface area contributed by atoms with Crippen LogP contribution in [0.2, 0.25) is 0 Å². The van der Waals surface area contributed by atoms with Gasteiger partial charge in [0.1, 0.15) is 24.1 Å². The molecule has 8 heteroatoms. The molecule has 2 fully saturated rings. The third-order valence-corrected chi connectivity index (χ3v) is 5.30. The minimum absolute atomic E-state index is 0.0691. The van der Waals surface area contributed by atoms with E-state index in [-0.39, 0.29) is 30.9 Å². The number of carbonyl (C=O) groups excluding carboxylic acids is 2. The van der Waals surface area contributed by atoms with Gasteiger partial charge in [-0.25, -0.2) is 9.18 Å². The van der Waals surface area contributed by atoms with E-state index >= 15 is 0 Å². The third kappa shape index (κ3) is 3.40. The number of halogens is 1. The molecule has 146 valence electrons. The highest BCUT2D eigenvalue weighted by Gasteiger charge is 2.37. The van der Waals surface area contributed by atoms with E-state index in [9.17, 15) is 14.0 Å². The minimum Gasteiger partial charge on any atom is -0.489 e. The second kappa shape index (κ2) is 7.25. The number of fused-ring (bicyclic) bond motifs is 3. The van der Waals surface area contributed by atoms with Gasteiger partial charge in [0.25, 0.3) is 0 Å². The molecule has 3 heterocycles. The Kier molecular flexibility index (Phi) is 4.80. The number of amides is 2. The monoisotopic (exact) mass is 377 g/mol. The van der Waals surface area contributed by atoms with Crippen molar-refractivity contribution in [3.63, 3.8) is 0 Å². The number of hydrogen-bond donors (Lipinski definition) is 1. The van der Waals surface area contributed by atoms with E-state index in [1.54, 1.807) is 6.07 Å². The maximum absolute atomic E-state index is 14.8. The molecule has 3 aliphatic heterocycles. The molecule has 3 aliphatic rings. The molecule has 1 aromatic carbocycles. The molecule has 0 spiro atoms. The van der Waals surface area contributed by atoms with Crippen LogP contribution >= 0.6 is 0 Å². The number of carbonyl (C=O) groups is 2. The lowest BCUT2D eigenvalue weighted by Gasteiger charge is -2.34. The van der Waals surface area contributed by atoms with Gasteiger partial charge in [0.05, 0.1) is 24.8 Å². The Labute approximate surface area is 157 Å². The van der Waals surface area contributed by atoms with Gasteiger partial charge in [-0.15, -0.1) is 0 Å². The van der Waals surface area contributed by atoms with Crippen LogP contribution in [-0.4, -0.2) is 50.4 Å². The predicted octanol–water partition coefficient (Wildman–Crippen LogP) is 2.43. The van der Waals surface area contributed by atoms with Gasteiger partial charge < -0.3 is 19.7 Å². The molecule has 0 saturated carbocycles. The average molecular weight is 377 g/mol. The summed E-state index contributed by atoms with van der Waals surface area (Å²) in [6, 6.07) is 3.29. The van der Waals surface area contributed by atoms with Crippen LogP contribution in [0.5, 0.6) is 5.75 Å².